The summed E-state index contributed by atoms with van der Waals surface area (Å²) in [5.74, 6) is 0.202. The molecule has 0 atom stereocenters. The number of aryl methyl sites for hydroxylation is 1. The Morgan fingerprint density at radius 2 is 2.08 bits per heavy atom. The van der Waals surface area contributed by atoms with E-state index in [0.29, 0.717) is 15.7 Å². The summed E-state index contributed by atoms with van der Waals surface area (Å²) in [6.45, 7) is 4.10. The molecule has 0 fully saturated rings. The van der Waals surface area contributed by atoms with Crippen LogP contribution in [0.3, 0.4) is 0 Å². The number of thiazole rings is 1. The molecule has 126 valence electrons. The number of nitriles is 1. The van der Waals surface area contributed by atoms with E-state index in [9.17, 15) is 5.26 Å². The van der Waals surface area contributed by atoms with Gasteiger partial charge in [-0.3, -0.25) is 9.67 Å². The second-order valence-corrected chi connectivity index (χ2v) is 7.03. The van der Waals surface area contributed by atoms with Gasteiger partial charge in [0.1, 0.15) is 16.2 Å². The van der Waals surface area contributed by atoms with Gasteiger partial charge >= 0.3 is 0 Å². The summed E-state index contributed by atoms with van der Waals surface area (Å²) in [7, 11) is 1.79. The van der Waals surface area contributed by atoms with Crippen LogP contribution in [0.25, 0.3) is 22.9 Å². The molecule has 0 saturated heterocycles. The molecule has 3 rings (SSSR count). The lowest BCUT2D eigenvalue weighted by Crippen LogP contribution is -1.93. The highest BCUT2D eigenvalue weighted by atomic mass is 35.5. The van der Waals surface area contributed by atoms with Crippen molar-refractivity contribution >= 4 is 34.6 Å². The van der Waals surface area contributed by atoms with E-state index in [-0.39, 0.29) is 5.92 Å². The summed E-state index contributed by atoms with van der Waals surface area (Å²) in [5, 5.41) is 17.2. The lowest BCUT2D eigenvalue weighted by atomic mass is 10.0. The molecule has 0 aromatic carbocycles. The largest absolute Gasteiger partial charge is 0.265 e. The maximum absolute atomic E-state index is 9.62. The minimum absolute atomic E-state index is 0.202. The molecular weight excluding hydrogens is 354 g/mol. The zero-order valence-corrected chi connectivity index (χ0v) is 15.6. The van der Waals surface area contributed by atoms with E-state index in [1.165, 1.54) is 11.3 Å². The van der Waals surface area contributed by atoms with E-state index in [0.717, 1.165) is 22.5 Å². The third-order valence-corrected chi connectivity index (χ3v) is 5.03. The highest BCUT2D eigenvalue weighted by Crippen LogP contribution is 2.31. The number of hydrogen-bond acceptors (Lipinski definition) is 5. The van der Waals surface area contributed by atoms with E-state index in [4.69, 9.17) is 11.6 Å². The lowest BCUT2D eigenvalue weighted by Gasteiger charge is -2.02. The van der Waals surface area contributed by atoms with Gasteiger partial charge in [0.2, 0.25) is 0 Å². The Hall–Kier alpha value is -2.49. The number of pyridine rings is 1. The first kappa shape index (κ1) is 17.3. The number of hydrogen-bond donors (Lipinski definition) is 0. The number of nitrogens with zero attached hydrogens (tertiary/aromatic N) is 5. The van der Waals surface area contributed by atoms with Gasteiger partial charge in [-0.2, -0.15) is 10.4 Å². The summed E-state index contributed by atoms with van der Waals surface area (Å²) in [6.07, 6.45) is 5.22. The van der Waals surface area contributed by atoms with Crippen molar-refractivity contribution in [3.63, 3.8) is 0 Å². The molecule has 0 bridgehead atoms. The molecule has 0 unspecified atom stereocenters. The second kappa shape index (κ2) is 7.18. The fourth-order valence-corrected chi connectivity index (χ4v) is 3.42. The van der Waals surface area contributed by atoms with Crippen LogP contribution in [0.1, 0.15) is 36.0 Å². The van der Waals surface area contributed by atoms with E-state index in [1.807, 2.05) is 31.4 Å². The SMILES string of the molecule is CC(C)c1nn(C)c(Cl)c1C=C(C#N)c1nc(-c2ccncc2)cs1. The molecule has 0 saturated carbocycles. The van der Waals surface area contributed by atoms with Crippen LogP contribution in [0.2, 0.25) is 5.15 Å². The Balaban J connectivity index is 2.04. The first-order chi connectivity index (χ1) is 12.0. The number of halogens is 1. The highest BCUT2D eigenvalue weighted by molar-refractivity contribution is 7.11. The Kier molecular flexibility index (Phi) is 4.98. The molecule has 25 heavy (non-hydrogen) atoms. The molecule has 0 spiro atoms. The molecular formula is C18H16ClN5S. The Bertz CT molecular complexity index is 963. The van der Waals surface area contributed by atoms with E-state index in [1.54, 1.807) is 30.2 Å². The first-order valence-corrected chi connectivity index (χ1v) is 8.97. The lowest BCUT2D eigenvalue weighted by molar-refractivity contribution is 0.713. The fraction of sp³-hybridized carbons (Fsp3) is 0.222. The minimum Gasteiger partial charge on any atom is -0.265 e. The quantitative estimate of drug-likeness (QED) is 0.620. The summed E-state index contributed by atoms with van der Waals surface area (Å²) >= 11 is 7.80. The van der Waals surface area contributed by atoms with Crippen LogP contribution in [0, 0.1) is 11.3 Å². The molecule has 0 aliphatic heterocycles. The first-order valence-electron chi connectivity index (χ1n) is 7.71. The molecule has 3 aromatic rings. The number of allylic oxidation sites excluding steroid dienone is 1. The molecule has 0 aliphatic rings. The smallest absolute Gasteiger partial charge is 0.134 e. The summed E-state index contributed by atoms with van der Waals surface area (Å²) in [5.41, 5.74) is 3.91. The molecule has 0 radical (unpaired) electrons. The van der Waals surface area contributed by atoms with Gasteiger partial charge in [-0.25, -0.2) is 4.98 Å². The summed E-state index contributed by atoms with van der Waals surface area (Å²) in [4.78, 5) is 8.60. The molecule has 3 heterocycles. The van der Waals surface area contributed by atoms with Gasteiger partial charge in [-0.05, 0) is 24.1 Å². The van der Waals surface area contributed by atoms with Crippen LogP contribution in [0.15, 0.2) is 29.9 Å². The normalized spacial score (nSPS) is 11.8. The zero-order chi connectivity index (χ0) is 18.0. The van der Waals surface area contributed by atoms with E-state index >= 15 is 0 Å². The molecule has 7 heteroatoms. The molecule has 3 aromatic heterocycles. The van der Waals surface area contributed by atoms with Gasteiger partial charge in [0, 0.05) is 35.9 Å². The van der Waals surface area contributed by atoms with Gasteiger partial charge < -0.3 is 0 Å². The predicted molar refractivity (Wildman–Crippen MR) is 101 cm³/mol. The van der Waals surface area contributed by atoms with Gasteiger partial charge in [-0.1, -0.05) is 25.4 Å². The summed E-state index contributed by atoms with van der Waals surface area (Å²) < 4.78 is 1.63. The monoisotopic (exact) mass is 369 g/mol. The van der Waals surface area contributed by atoms with E-state index in [2.05, 4.69) is 21.1 Å². The zero-order valence-electron chi connectivity index (χ0n) is 14.1. The number of rotatable bonds is 4. The Morgan fingerprint density at radius 3 is 2.72 bits per heavy atom. The third-order valence-electron chi connectivity index (χ3n) is 3.71. The van der Waals surface area contributed by atoms with Crippen LogP contribution in [0.4, 0.5) is 0 Å². The van der Waals surface area contributed by atoms with Crippen LogP contribution in [0.5, 0.6) is 0 Å². The summed E-state index contributed by atoms with van der Waals surface area (Å²) in [6, 6.07) is 6.02. The van der Waals surface area contributed by atoms with E-state index < -0.39 is 0 Å². The van der Waals surface area contributed by atoms with Crippen molar-refractivity contribution in [2.24, 2.45) is 7.05 Å². The topological polar surface area (TPSA) is 67.4 Å². The van der Waals surface area contributed by atoms with Crippen LogP contribution >= 0.6 is 22.9 Å². The molecule has 0 amide bonds. The van der Waals surface area contributed by atoms with Crippen molar-refractivity contribution in [2.75, 3.05) is 0 Å². The van der Waals surface area contributed by atoms with Gasteiger partial charge in [-0.15, -0.1) is 11.3 Å². The molecule has 0 aliphatic carbocycles. The van der Waals surface area contributed by atoms with Gasteiger partial charge in [0.25, 0.3) is 0 Å². The van der Waals surface area contributed by atoms with Crippen LogP contribution in [-0.4, -0.2) is 19.7 Å². The Morgan fingerprint density at radius 1 is 1.36 bits per heavy atom. The van der Waals surface area contributed by atoms with Crippen molar-refractivity contribution in [1.29, 1.82) is 5.26 Å². The van der Waals surface area contributed by atoms with Crippen molar-refractivity contribution in [1.82, 2.24) is 19.7 Å². The van der Waals surface area contributed by atoms with Crippen molar-refractivity contribution in [3.05, 3.63) is 51.3 Å². The predicted octanol–water partition coefficient (Wildman–Crippen LogP) is 4.78. The average molecular weight is 370 g/mol. The minimum atomic E-state index is 0.202. The second-order valence-electron chi connectivity index (χ2n) is 5.81. The standard InChI is InChI=1S/C18H16ClN5S/c1-11(2)16-14(17(19)24(3)23-16)8-13(9-20)18-22-15(10-25-18)12-4-6-21-7-5-12/h4-8,10-11H,1-3H3. The highest BCUT2D eigenvalue weighted by Gasteiger charge is 2.18. The average Bonchev–Trinajstić information content (AvgIpc) is 3.20. The fourth-order valence-electron chi connectivity index (χ4n) is 2.44. The maximum Gasteiger partial charge on any atom is 0.134 e. The Labute approximate surface area is 155 Å². The number of aromatic nitrogens is 4. The maximum atomic E-state index is 9.62. The van der Waals surface area contributed by atoms with Crippen molar-refractivity contribution in [3.8, 4) is 17.3 Å². The van der Waals surface area contributed by atoms with Gasteiger partial charge in [0.05, 0.1) is 17.0 Å². The van der Waals surface area contributed by atoms with Gasteiger partial charge in [0.15, 0.2) is 0 Å². The molecule has 5 nitrogen and oxygen atoms in total. The van der Waals surface area contributed by atoms with Crippen molar-refractivity contribution < 1.29 is 0 Å². The van der Waals surface area contributed by atoms with Crippen LogP contribution in [-0.2, 0) is 7.05 Å². The van der Waals surface area contributed by atoms with Crippen LogP contribution < -0.4 is 0 Å². The van der Waals surface area contributed by atoms with Crippen molar-refractivity contribution in [2.45, 2.75) is 19.8 Å². The molecule has 0 N–H and O–H groups in total. The third kappa shape index (κ3) is 3.48.